The summed E-state index contributed by atoms with van der Waals surface area (Å²) in [7, 11) is -4.64. The van der Waals surface area contributed by atoms with Crippen molar-refractivity contribution >= 4 is 25.2 Å². The summed E-state index contributed by atoms with van der Waals surface area (Å²) in [6.07, 6.45) is 0. The fourth-order valence-corrected chi connectivity index (χ4v) is 0. The quantitative estimate of drug-likeness (QED) is 0.332. The van der Waals surface area contributed by atoms with Crippen molar-refractivity contribution in [2.45, 2.75) is 0 Å². The van der Waals surface area contributed by atoms with Crippen LogP contribution in [0.4, 0.5) is 0 Å². The molecule has 0 atom stereocenters. The Morgan fingerprint density at radius 3 is 1.14 bits per heavy atom. The molecule has 0 saturated carbocycles. The molecule has 0 saturated heterocycles. The SMILES string of the molecule is O=P(O)(O)O.[Ag].[AlH3]. The number of hydrogen-bond acceptors (Lipinski definition) is 1. The number of phosphoric acid groups is 1. The van der Waals surface area contributed by atoms with Crippen LogP contribution in [0.15, 0.2) is 0 Å². The molecular formula is H6AgAlO4P. The van der Waals surface area contributed by atoms with Gasteiger partial charge in [0.15, 0.2) is 17.4 Å². The summed E-state index contributed by atoms with van der Waals surface area (Å²) in [6, 6.07) is 0. The van der Waals surface area contributed by atoms with Gasteiger partial charge in [0.05, 0.1) is 0 Å². The maximum Gasteiger partial charge on any atom is 0.466 e. The molecule has 0 aliphatic heterocycles. The van der Waals surface area contributed by atoms with Crippen LogP contribution >= 0.6 is 7.82 Å². The van der Waals surface area contributed by atoms with Gasteiger partial charge in [0, 0.05) is 22.4 Å². The average molecular weight is 236 g/mol. The zero-order chi connectivity index (χ0) is 4.50. The van der Waals surface area contributed by atoms with Gasteiger partial charge >= 0.3 is 7.82 Å². The van der Waals surface area contributed by atoms with Crippen LogP contribution in [-0.4, -0.2) is 32.0 Å². The fraction of sp³-hybridized carbons (Fsp3) is 0. The second kappa shape index (κ2) is 5.52. The molecule has 0 aliphatic rings. The van der Waals surface area contributed by atoms with E-state index in [1.165, 1.54) is 0 Å². The van der Waals surface area contributed by atoms with E-state index in [0.29, 0.717) is 0 Å². The Balaban J connectivity index is -0.0000000800. The molecule has 0 aliphatic carbocycles. The van der Waals surface area contributed by atoms with Crippen LogP contribution in [-0.2, 0) is 26.9 Å². The van der Waals surface area contributed by atoms with Crippen LogP contribution < -0.4 is 0 Å². The van der Waals surface area contributed by atoms with E-state index < -0.39 is 7.82 Å². The molecular weight excluding hydrogens is 230 g/mol. The van der Waals surface area contributed by atoms with Crippen LogP contribution in [0.5, 0.6) is 0 Å². The fourth-order valence-electron chi connectivity index (χ4n) is 0. The molecule has 3 N–H and O–H groups in total. The molecule has 0 spiro atoms. The van der Waals surface area contributed by atoms with Crippen molar-refractivity contribution in [3.63, 3.8) is 0 Å². The van der Waals surface area contributed by atoms with Gasteiger partial charge in [0.25, 0.3) is 0 Å². The number of hydrogen-bond donors (Lipinski definition) is 3. The topological polar surface area (TPSA) is 77.8 Å². The van der Waals surface area contributed by atoms with Crippen molar-refractivity contribution in [3.05, 3.63) is 0 Å². The van der Waals surface area contributed by atoms with Gasteiger partial charge in [0.2, 0.25) is 0 Å². The standard InChI is InChI=1S/Ag.Al.H3O4P.3H/c;;1-5(2,3)4;;;/h;;(H3,1,2,3,4);;;. The van der Waals surface area contributed by atoms with Gasteiger partial charge in [0.1, 0.15) is 0 Å². The molecule has 0 rings (SSSR count). The largest absolute Gasteiger partial charge is 0.466 e. The normalized spacial score (nSPS) is 8.43. The van der Waals surface area contributed by atoms with Crippen molar-refractivity contribution in [2.75, 3.05) is 0 Å². The second-order valence-electron chi connectivity index (χ2n) is 0.513. The van der Waals surface area contributed by atoms with Gasteiger partial charge in [-0.3, -0.25) is 0 Å². The maximum absolute atomic E-state index is 8.88. The molecule has 0 aromatic rings. The second-order valence-corrected chi connectivity index (χ2v) is 1.54. The van der Waals surface area contributed by atoms with E-state index in [2.05, 4.69) is 0 Å². The zero-order valence-electron chi connectivity index (χ0n) is 2.50. The first-order valence-corrected chi connectivity index (χ1v) is 2.35. The van der Waals surface area contributed by atoms with Gasteiger partial charge in [-0.1, -0.05) is 0 Å². The molecule has 0 heterocycles. The van der Waals surface area contributed by atoms with E-state index in [1.807, 2.05) is 0 Å². The Hall–Kier alpha value is 1.38. The van der Waals surface area contributed by atoms with Crippen molar-refractivity contribution in [2.24, 2.45) is 0 Å². The van der Waals surface area contributed by atoms with Crippen LogP contribution in [0, 0.1) is 0 Å². The van der Waals surface area contributed by atoms with Gasteiger partial charge in [-0.05, 0) is 0 Å². The minimum atomic E-state index is -4.64. The van der Waals surface area contributed by atoms with Crippen molar-refractivity contribution in [1.82, 2.24) is 0 Å². The smallest absolute Gasteiger partial charge is 0.303 e. The third-order valence-corrected chi connectivity index (χ3v) is 0. The summed E-state index contributed by atoms with van der Waals surface area (Å²) in [5.41, 5.74) is 0. The van der Waals surface area contributed by atoms with Crippen LogP contribution in [0.25, 0.3) is 0 Å². The van der Waals surface area contributed by atoms with Crippen molar-refractivity contribution in [3.8, 4) is 0 Å². The van der Waals surface area contributed by atoms with Gasteiger partial charge in [-0.15, -0.1) is 0 Å². The van der Waals surface area contributed by atoms with Gasteiger partial charge in [-0.2, -0.15) is 0 Å². The van der Waals surface area contributed by atoms with E-state index in [0.717, 1.165) is 0 Å². The van der Waals surface area contributed by atoms with Crippen molar-refractivity contribution in [1.29, 1.82) is 0 Å². The molecule has 0 fully saturated rings. The summed E-state index contributed by atoms with van der Waals surface area (Å²) in [6.45, 7) is 0. The Morgan fingerprint density at radius 2 is 1.14 bits per heavy atom. The Kier molecular flexibility index (Phi) is 12.4. The summed E-state index contributed by atoms with van der Waals surface area (Å²) < 4.78 is 8.88. The molecule has 7 heavy (non-hydrogen) atoms. The van der Waals surface area contributed by atoms with Gasteiger partial charge < -0.3 is 14.7 Å². The summed E-state index contributed by atoms with van der Waals surface area (Å²) in [5, 5.41) is 0. The van der Waals surface area contributed by atoms with E-state index in [4.69, 9.17) is 19.2 Å². The van der Waals surface area contributed by atoms with E-state index >= 15 is 0 Å². The average Bonchev–Trinajstić information content (AvgIpc) is 0.722. The molecule has 0 aromatic carbocycles. The summed E-state index contributed by atoms with van der Waals surface area (Å²) in [5.74, 6) is 0. The predicted octanol–water partition coefficient (Wildman–Crippen LogP) is -2.12. The minimum absolute atomic E-state index is 0. The summed E-state index contributed by atoms with van der Waals surface area (Å²) >= 11 is 0. The predicted molar refractivity (Wildman–Crippen MR) is 24.2 cm³/mol. The molecule has 1 radical (unpaired) electrons. The Labute approximate surface area is 66.8 Å². The first-order valence-electron chi connectivity index (χ1n) is 0.783. The van der Waals surface area contributed by atoms with E-state index in [-0.39, 0.29) is 39.7 Å². The molecule has 0 unspecified atom stereocenters. The van der Waals surface area contributed by atoms with Crippen molar-refractivity contribution < 1.29 is 41.6 Å². The monoisotopic (exact) mass is 235 g/mol. The zero-order valence-corrected chi connectivity index (χ0v) is 4.88. The first-order chi connectivity index (χ1) is 2.00. The molecule has 4 nitrogen and oxygen atoms in total. The van der Waals surface area contributed by atoms with E-state index in [9.17, 15) is 0 Å². The van der Waals surface area contributed by atoms with Crippen LogP contribution in [0.3, 0.4) is 0 Å². The Bertz CT molecular complexity index is 57.8. The molecule has 0 aromatic heterocycles. The maximum atomic E-state index is 8.88. The Morgan fingerprint density at radius 1 is 1.14 bits per heavy atom. The number of rotatable bonds is 0. The molecule has 7 heteroatoms. The van der Waals surface area contributed by atoms with Crippen LogP contribution in [0.2, 0.25) is 0 Å². The third kappa shape index (κ3) is 112. The molecule has 49 valence electrons. The van der Waals surface area contributed by atoms with Gasteiger partial charge in [-0.25, -0.2) is 4.57 Å². The minimum Gasteiger partial charge on any atom is -0.303 e. The third-order valence-electron chi connectivity index (χ3n) is 0. The molecule has 0 bridgehead atoms. The first kappa shape index (κ1) is 15.8. The van der Waals surface area contributed by atoms with Crippen LogP contribution in [0.1, 0.15) is 0 Å². The molecule has 0 amide bonds. The van der Waals surface area contributed by atoms with E-state index in [1.54, 1.807) is 0 Å². The summed E-state index contributed by atoms with van der Waals surface area (Å²) in [4.78, 5) is 21.6.